The van der Waals surface area contributed by atoms with Crippen LogP contribution in [-0.2, 0) is 15.7 Å². The molecule has 0 aromatic carbocycles. The van der Waals surface area contributed by atoms with Gasteiger partial charge in [-0.2, -0.15) is 13.2 Å². The Kier molecular flexibility index (Phi) is 5.44. The summed E-state index contributed by atoms with van der Waals surface area (Å²) in [6.45, 7) is -0.498. The van der Waals surface area contributed by atoms with E-state index in [-0.39, 0.29) is 18.8 Å². The van der Waals surface area contributed by atoms with Gasteiger partial charge >= 0.3 is 12.1 Å². The summed E-state index contributed by atoms with van der Waals surface area (Å²) in [5.74, 6) is -1.81. The summed E-state index contributed by atoms with van der Waals surface area (Å²) < 4.78 is 41.5. The molecule has 0 bridgehead atoms. The quantitative estimate of drug-likeness (QED) is 0.761. The average molecular weight is 292 g/mol. The highest BCUT2D eigenvalue weighted by molar-refractivity contribution is 5.92. The lowest BCUT2D eigenvalue weighted by Gasteiger charge is -2.07. The first kappa shape index (κ1) is 15.9. The Morgan fingerprint density at radius 1 is 1.35 bits per heavy atom. The van der Waals surface area contributed by atoms with Crippen molar-refractivity contribution < 1.29 is 32.6 Å². The van der Waals surface area contributed by atoms with Gasteiger partial charge < -0.3 is 15.2 Å². The minimum absolute atomic E-state index is 0.0226. The number of amides is 1. The molecule has 0 saturated heterocycles. The van der Waals surface area contributed by atoms with Crippen LogP contribution in [0.3, 0.4) is 0 Å². The number of nitrogens with zero attached hydrogens (tertiary/aromatic N) is 1. The number of aliphatic carboxylic acids is 1. The van der Waals surface area contributed by atoms with Gasteiger partial charge in [-0.1, -0.05) is 0 Å². The van der Waals surface area contributed by atoms with E-state index in [1.807, 2.05) is 0 Å². The van der Waals surface area contributed by atoms with Gasteiger partial charge in [-0.05, 0) is 12.1 Å². The van der Waals surface area contributed by atoms with Gasteiger partial charge in [0.1, 0.15) is 12.3 Å². The Labute approximate surface area is 111 Å². The highest BCUT2D eigenvalue weighted by atomic mass is 19.4. The standard InChI is InChI=1S/C11H11F3N2O4/c12-11(13,14)7-1-2-8(16-5-7)10(19)15-3-4-20-6-9(17)18/h1-2,5H,3-4,6H2,(H,15,19)(H,17,18). The fraction of sp³-hybridized carbons (Fsp3) is 0.364. The molecule has 1 rings (SSSR count). The number of carboxylic acids is 1. The summed E-state index contributed by atoms with van der Waals surface area (Å²) in [5.41, 5.74) is -1.12. The van der Waals surface area contributed by atoms with E-state index < -0.39 is 30.2 Å². The van der Waals surface area contributed by atoms with E-state index in [0.29, 0.717) is 6.20 Å². The lowest BCUT2D eigenvalue weighted by Crippen LogP contribution is -2.28. The number of alkyl halides is 3. The summed E-state index contributed by atoms with van der Waals surface area (Å²) in [6, 6.07) is 1.71. The van der Waals surface area contributed by atoms with E-state index >= 15 is 0 Å². The second-order valence-electron chi connectivity index (χ2n) is 3.63. The van der Waals surface area contributed by atoms with E-state index in [1.54, 1.807) is 0 Å². The largest absolute Gasteiger partial charge is 0.480 e. The predicted octanol–water partition coefficient (Wildman–Crippen LogP) is 0.931. The van der Waals surface area contributed by atoms with Gasteiger partial charge in [0, 0.05) is 12.7 Å². The Hall–Kier alpha value is -2.16. The third-order valence-electron chi connectivity index (χ3n) is 2.08. The van der Waals surface area contributed by atoms with Crippen molar-refractivity contribution in [3.63, 3.8) is 0 Å². The maximum Gasteiger partial charge on any atom is 0.417 e. The van der Waals surface area contributed by atoms with E-state index in [4.69, 9.17) is 5.11 Å². The smallest absolute Gasteiger partial charge is 0.417 e. The molecule has 0 fully saturated rings. The molecule has 0 spiro atoms. The van der Waals surface area contributed by atoms with Gasteiger partial charge in [-0.15, -0.1) is 0 Å². The van der Waals surface area contributed by atoms with Gasteiger partial charge in [0.15, 0.2) is 0 Å². The van der Waals surface area contributed by atoms with Crippen LogP contribution in [0, 0.1) is 0 Å². The van der Waals surface area contributed by atoms with Crippen LogP contribution in [0.1, 0.15) is 16.1 Å². The third-order valence-corrected chi connectivity index (χ3v) is 2.08. The molecular weight excluding hydrogens is 281 g/mol. The van der Waals surface area contributed by atoms with E-state index in [1.165, 1.54) is 0 Å². The topological polar surface area (TPSA) is 88.5 Å². The zero-order valence-corrected chi connectivity index (χ0v) is 10.1. The van der Waals surface area contributed by atoms with Crippen LogP contribution in [0.25, 0.3) is 0 Å². The minimum Gasteiger partial charge on any atom is -0.480 e. The predicted molar refractivity (Wildman–Crippen MR) is 60.0 cm³/mol. The van der Waals surface area contributed by atoms with Crippen molar-refractivity contribution in [2.75, 3.05) is 19.8 Å². The molecule has 0 aliphatic rings. The molecule has 1 aromatic rings. The summed E-state index contributed by atoms with van der Waals surface area (Å²) in [6.07, 6.45) is -3.94. The molecule has 0 aliphatic heterocycles. The number of carbonyl (C=O) groups is 2. The molecule has 20 heavy (non-hydrogen) atoms. The number of ether oxygens (including phenoxy) is 1. The lowest BCUT2D eigenvalue weighted by atomic mass is 10.2. The third kappa shape index (κ3) is 5.22. The maximum atomic E-state index is 12.3. The number of halogens is 3. The van der Waals surface area contributed by atoms with Crippen molar-refractivity contribution >= 4 is 11.9 Å². The first-order valence-corrected chi connectivity index (χ1v) is 5.41. The SMILES string of the molecule is O=C(O)COCCNC(=O)c1ccc(C(F)(F)F)cn1. The summed E-state index contributed by atoms with van der Waals surface area (Å²) in [5, 5.41) is 10.6. The Balaban J connectivity index is 2.42. The monoisotopic (exact) mass is 292 g/mol. The van der Waals surface area contributed by atoms with Crippen LogP contribution in [0.15, 0.2) is 18.3 Å². The molecule has 0 atom stereocenters. The molecule has 0 saturated carbocycles. The highest BCUT2D eigenvalue weighted by Crippen LogP contribution is 2.28. The second-order valence-corrected chi connectivity index (χ2v) is 3.63. The normalized spacial score (nSPS) is 11.2. The fourth-order valence-electron chi connectivity index (χ4n) is 1.18. The van der Waals surface area contributed by atoms with Crippen molar-refractivity contribution in [3.05, 3.63) is 29.6 Å². The van der Waals surface area contributed by atoms with Crippen molar-refractivity contribution in [3.8, 4) is 0 Å². The Morgan fingerprint density at radius 3 is 2.55 bits per heavy atom. The minimum atomic E-state index is -4.51. The van der Waals surface area contributed by atoms with Crippen LogP contribution in [0.2, 0.25) is 0 Å². The van der Waals surface area contributed by atoms with Crippen LogP contribution in [0.4, 0.5) is 13.2 Å². The number of hydrogen-bond acceptors (Lipinski definition) is 4. The van der Waals surface area contributed by atoms with Crippen molar-refractivity contribution in [2.24, 2.45) is 0 Å². The molecule has 1 amide bonds. The van der Waals surface area contributed by atoms with Crippen LogP contribution >= 0.6 is 0 Å². The van der Waals surface area contributed by atoms with Gasteiger partial charge in [-0.3, -0.25) is 9.78 Å². The first-order valence-electron chi connectivity index (χ1n) is 5.41. The molecular formula is C11H11F3N2O4. The molecule has 0 aliphatic carbocycles. The van der Waals surface area contributed by atoms with Crippen LogP contribution in [-0.4, -0.2) is 41.7 Å². The molecule has 2 N–H and O–H groups in total. The van der Waals surface area contributed by atoms with E-state index in [0.717, 1.165) is 12.1 Å². The van der Waals surface area contributed by atoms with Crippen molar-refractivity contribution in [1.29, 1.82) is 0 Å². The van der Waals surface area contributed by atoms with Crippen molar-refractivity contribution in [2.45, 2.75) is 6.18 Å². The first-order chi connectivity index (χ1) is 9.30. The number of rotatable bonds is 6. The molecule has 0 unspecified atom stereocenters. The number of hydrogen-bond donors (Lipinski definition) is 2. The van der Waals surface area contributed by atoms with Gasteiger partial charge in [0.05, 0.1) is 12.2 Å². The van der Waals surface area contributed by atoms with Gasteiger partial charge in [0.2, 0.25) is 0 Å². The Morgan fingerprint density at radius 2 is 2.05 bits per heavy atom. The number of aromatic nitrogens is 1. The zero-order valence-electron chi connectivity index (χ0n) is 10.1. The van der Waals surface area contributed by atoms with Crippen LogP contribution in [0.5, 0.6) is 0 Å². The molecule has 1 heterocycles. The summed E-state index contributed by atoms with van der Waals surface area (Å²) in [4.78, 5) is 25.0. The fourth-order valence-corrected chi connectivity index (χ4v) is 1.18. The maximum absolute atomic E-state index is 12.3. The zero-order chi connectivity index (χ0) is 15.2. The van der Waals surface area contributed by atoms with Crippen molar-refractivity contribution in [1.82, 2.24) is 10.3 Å². The van der Waals surface area contributed by atoms with E-state index in [9.17, 15) is 22.8 Å². The molecule has 0 radical (unpaired) electrons. The Bertz CT molecular complexity index is 474. The van der Waals surface area contributed by atoms with E-state index in [2.05, 4.69) is 15.0 Å². The highest BCUT2D eigenvalue weighted by Gasteiger charge is 2.30. The van der Waals surface area contributed by atoms with Crippen LogP contribution < -0.4 is 5.32 Å². The second kappa shape index (κ2) is 6.85. The molecule has 6 nitrogen and oxygen atoms in total. The van der Waals surface area contributed by atoms with Gasteiger partial charge in [0.25, 0.3) is 5.91 Å². The number of nitrogens with one attached hydrogen (secondary N) is 1. The lowest BCUT2D eigenvalue weighted by molar-refractivity contribution is -0.142. The number of carboxylic acid groups (broad SMARTS) is 1. The molecule has 1 aromatic heterocycles. The van der Waals surface area contributed by atoms with Gasteiger partial charge in [-0.25, -0.2) is 4.79 Å². The molecule has 9 heteroatoms. The summed E-state index contributed by atoms with van der Waals surface area (Å²) >= 11 is 0. The average Bonchev–Trinajstić information content (AvgIpc) is 2.37. The number of carbonyl (C=O) groups excluding carboxylic acids is 1. The molecule has 110 valence electrons. The summed E-state index contributed by atoms with van der Waals surface area (Å²) in [7, 11) is 0. The number of pyridine rings is 1.